The Bertz CT molecular complexity index is 747. The second kappa shape index (κ2) is 11.0. The van der Waals surface area contributed by atoms with Gasteiger partial charge in [0.05, 0.1) is 27.4 Å². The molecule has 146 valence electrons. The number of para-hydroxylation sites is 1. The van der Waals surface area contributed by atoms with Crippen LogP contribution in [0.5, 0.6) is 17.2 Å². The van der Waals surface area contributed by atoms with Gasteiger partial charge in [-0.25, -0.2) is 4.99 Å². The van der Waals surface area contributed by atoms with Crippen LogP contribution in [0, 0.1) is 0 Å². The summed E-state index contributed by atoms with van der Waals surface area (Å²) < 4.78 is 16.3. The summed E-state index contributed by atoms with van der Waals surface area (Å²) in [6.45, 7) is 6.62. The zero-order chi connectivity index (χ0) is 19.5. The van der Waals surface area contributed by atoms with Gasteiger partial charge in [0.2, 0.25) is 0 Å². The predicted molar refractivity (Wildman–Crippen MR) is 109 cm³/mol. The van der Waals surface area contributed by atoms with E-state index < -0.39 is 0 Å². The Labute approximate surface area is 161 Å². The Balaban J connectivity index is 2.06. The van der Waals surface area contributed by atoms with Gasteiger partial charge in [-0.3, -0.25) is 0 Å². The molecule has 6 nitrogen and oxygen atoms in total. The van der Waals surface area contributed by atoms with Gasteiger partial charge in [0.1, 0.15) is 5.75 Å². The number of nitrogens with one attached hydrogen (secondary N) is 2. The van der Waals surface area contributed by atoms with Crippen molar-refractivity contribution in [1.82, 2.24) is 10.6 Å². The minimum atomic E-state index is 0.531. The molecule has 0 saturated carbocycles. The zero-order valence-corrected chi connectivity index (χ0v) is 16.5. The molecule has 2 N–H and O–H groups in total. The average molecular weight is 371 g/mol. The minimum absolute atomic E-state index is 0.531. The number of benzene rings is 2. The maximum Gasteiger partial charge on any atom is 0.191 e. The lowest BCUT2D eigenvalue weighted by atomic mass is 10.2. The largest absolute Gasteiger partial charge is 0.494 e. The first kappa shape index (κ1) is 20.4. The monoisotopic (exact) mass is 371 g/mol. The van der Waals surface area contributed by atoms with E-state index in [-0.39, 0.29) is 0 Å². The molecule has 2 aromatic rings. The van der Waals surface area contributed by atoms with Crippen LogP contribution in [0.2, 0.25) is 0 Å². The number of nitrogens with zero attached hydrogens (tertiary/aromatic N) is 1. The van der Waals surface area contributed by atoms with Crippen LogP contribution in [0.4, 0.5) is 0 Å². The highest BCUT2D eigenvalue weighted by atomic mass is 16.5. The number of aliphatic imine (C=N–C) groups is 1. The van der Waals surface area contributed by atoms with E-state index in [0.717, 1.165) is 29.4 Å². The fourth-order valence-corrected chi connectivity index (χ4v) is 2.62. The quantitative estimate of drug-likeness (QED) is 0.523. The lowest BCUT2D eigenvalue weighted by Gasteiger charge is -2.14. The third-order valence-corrected chi connectivity index (χ3v) is 3.93. The van der Waals surface area contributed by atoms with E-state index in [1.807, 2.05) is 50.2 Å². The summed E-state index contributed by atoms with van der Waals surface area (Å²) in [5.74, 6) is 3.05. The molecule has 0 aliphatic heterocycles. The summed E-state index contributed by atoms with van der Waals surface area (Å²) in [4.78, 5) is 4.66. The molecule has 0 radical (unpaired) electrons. The molecule has 2 aromatic carbocycles. The van der Waals surface area contributed by atoms with Crippen molar-refractivity contribution in [2.75, 3.05) is 27.4 Å². The van der Waals surface area contributed by atoms with E-state index in [0.29, 0.717) is 31.2 Å². The second-order valence-electron chi connectivity index (χ2n) is 5.78. The Morgan fingerprint density at radius 3 is 2.41 bits per heavy atom. The number of hydrogen-bond acceptors (Lipinski definition) is 4. The standard InChI is InChI=1S/C21H29N3O3/c1-5-22-21(24-15-17-9-7-8-10-18(17)27-6-2)23-14-16-11-12-19(25-3)20(13-16)26-4/h7-13H,5-6,14-15H2,1-4H3,(H2,22,23,24). The molecule has 0 aromatic heterocycles. The number of ether oxygens (including phenoxy) is 3. The topological polar surface area (TPSA) is 64.1 Å². The molecule has 0 bridgehead atoms. The Morgan fingerprint density at radius 1 is 0.926 bits per heavy atom. The van der Waals surface area contributed by atoms with Gasteiger partial charge >= 0.3 is 0 Å². The van der Waals surface area contributed by atoms with Crippen LogP contribution in [0.25, 0.3) is 0 Å². The number of guanidine groups is 1. The van der Waals surface area contributed by atoms with E-state index in [1.165, 1.54) is 0 Å². The third kappa shape index (κ3) is 6.09. The van der Waals surface area contributed by atoms with E-state index in [4.69, 9.17) is 14.2 Å². The average Bonchev–Trinajstić information content (AvgIpc) is 2.71. The van der Waals surface area contributed by atoms with Crippen LogP contribution in [0.1, 0.15) is 25.0 Å². The van der Waals surface area contributed by atoms with Crippen LogP contribution in [-0.2, 0) is 13.1 Å². The maximum absolute atomic E-state index is 5.68. The molecule has 0 aliphatic carbocycles. The lowest BCUT2D eigenvalue weighted by Crippen LogP contribution is -2.36. The molecule has 27 heavy (non-hydrogen) atoms. The molecule has 0 aliphatic rings. The smallest absolute Gasteiger partial charge is 0.191 e. The van der Waals surface area contributed by atoms with Crippen LogP contribution in [0.3, 0.4) is 0 Å². The highest BCUT2D eigenvalue weighted by Gasteiger charge is 2.06. The molecular formula is C21H29N3O3. The Hall–Kier alpha value is -2.89. The molecule has 0 unspecified atom stereocenters. The molecule has 0 saturated heterocycles. The van der Waals surface area contributed by atoms with Gasteiger partial charge in [-0.15, -0.1) is 0 Å². The highest BCUT2D eigenvalue weighted by molar-refractivity contribution is 5.79. The number of hydrogen-bond donors (Lipinski definition) is 2. The first-order chi connectivity index (χ1) is 13.2. The first-order valence-electron chi connectivity index (χ1n) is 9.15. The van der Waals surface area contributed by atoms with Crippen LogP contribution in [0.15, 0.2) is 47.5 Å². The predicted octanol–water partition coefficient (Wildman–Crippen LogP) is 3.36. The summed E-state index contributed by atoms with van der Waals surface area (Å²) >= 11 is 0. The fourth-order valence-electron chi connectivity index (χ4n) is 2.62. The van der Waals surface area contributed by atoms with Gasteiger partial charge in [-0.2, -0.15) is 0 Å². The summed E-state index contributed by atoms with van der Waals surface area (Å²) in [6.07, 6.45) is 0. The number of rotatable bonds is 9. The Morgan fingerprint density at radius 2 is 1.70 bits per heavy atom. The van der Waals surface area contributed by atoms with Gasteiger partial charge in [-0.05, 0) is 37.6 Å². The minimum Gasteiger partial charge on any atom is -0.494 e. The second-order valence-corrected chi connectivity index (χ2v) is 5.78. The van der Waals surface area contributed by atoms with Gasteiger partial charge < -0.3 is 24.8 Å². The molecular weight excluding hydrogens is 342 g/mol. The van der Waals surface area contributed by atoms with Crippen molar-refractivity contribution in [1.29, 1.82) is 0 Å². The highest BCUT2D eigenvalue weighted by Crippen LogP contribution is 2.27. The zero-order valence-electron chi connectivity index (χ0n) is 16.5. The molecule has 0 fully saturated rings. The van der Waals surface area contributed by atoms with E-state index in [2.05, 4.69) is 21.7 Å². The van der Waals surface area contributed by atoms with E-state index >= 15 is 0 Å². The molecule has 6 heteroatoms. The van der Waals surface area contributed by atoms with Crippen molar-refractivity contribution in [3.05, 3.63) is 53.6 Å². The van der Waals surface area contributed by atoms with Crippen molar-refractivity contribution >= 4 is 5.96 Å². The molecule has 0 amide bonds. The molecule has 2 rings (SSSR count). The lowest BCUT2D eigenvalue weighted by molar-refractivity contribution is 0.336. The Kier molecular flexibility index (Phi) is 8.29. The van der Waals surface area contributed by atoms with Crippen LogP contribution >= 0.6 is 0 Å². The van der Waals surface area contributed by atoms with Crippen molar-refractivity contribution in [2.45, 2.75) is 26.9 Å². The summed E-state index contributed by atoms with van der Waals surface area (Å²) in [5, 5.41) is 6.63. The molecule has 0 heterocycles. The van der Waals surface area contributed by atoms with Gasteiger partial charge in [0.25, 0.3) is 0 Å². The van der Waals surface area contributed by atoms with Crippen molar-refractivity contribution in [3.63, 3.8) is 0 Å². The summed E-state index contributed by atoms with van der Waals surface area (Å²) in [6, 6.07) is 13.8. The van der Waals surface area contributed by atoms with E-state index in [1.54, 1.807) is 14.2 Å². The summed E-state index contributed by atoms with van der Waals surface area (Å²) in [7, 11) is 3.26. The van der Waals surface area contributed by atoms with Crippen molar-refractivity contribution in [3.8, 4) is 17.2 Å². The molecule has 0 atom stereocenters. The van der Waals surface area contributed by atoms with Crippen LogP contribution in [-0.4, -0.2) is 33.3 Å². The van der Waals surface area contributed by atoms with Crippen molar-refractivity contribution < 1.29 is 14.2 Å². The first-order valence-corrected chi connectivity index (χ1v) is 9.15. The SMILES string of the molecule is CCNC(=NCc1ccc(OC)c(OC)c1)NCc1ccccc1OCC. The summed E-state index contributed by atoms with van der Waals surface area (Å²) in [5.41, 5.74) is 2.13. The maximum atomic E-state index is 5.68. The van der Waals surface area contributed by atoms with Gasteiger partial charge in [0, 0.05) is 18.7 Å². The van der Waals surface area contributed by atoms with E-state index in [9.17, 15) is 0 Å². The van der Waals surface area contributed by atoms with Gasteiger partial charge in [-0.1, -0.05) is 24.3 Å². The number of methoxy groups -OCH3 is 2. The van der Waals surface area contributed by atoms with Crippen LogP contribution < -0.4 is 24.8 Å². The molecule has 0 spiro atoms. The van der Waals surface area contributed by atoms with Crippen molar-refractivity contribution in [2.24, 2.45) is 4.99 Å². The normalized spacial score (nSPS) is 11.0. The fraction of sp³-hybridized carbons (Fsp3) is 0.381. The third-order valence-electron chi connectivity index (χ3n) is 3.93. The van der Waals surface area contributed by atoms with Gasteiger partial charge in [0.15, 0.2) is 17.5 Å².